The fourth-order valence-electron chi connectivity index (χ4n) is 1.78. The molecule has 1 amide bonds. The molecule has 0 radical (unpaired) electrons. The van der Waals surface area contributed by atoms with Gasteiger partial charge in [-0.05, 0) is 58.4 Å². The van der Waals surface area contributed by atoms with Crippen molar-refractivity contribution in [3.8, 4) is 11.5 Å². The summed E-state index contributed by atoms with van der Waals surface area (Å²) < 4.78 is 11.8. The van der Waals surface area contributed by atoms with Crippen LogP contribution in [-0.4, -0.2) is 38.1 Å². The van der Waals surface area contributed by atoms with E-state index in [1.54, 1.807) is 36.5 Å². The van der Waals surface area contributed by atoms with Crippen molar-refractivity contribution < 1.29 is 14.3 Å². The number of likely N-dealkylation sites (N-methyl/N-ethyl adjacent to an activating group) is 1. The third kappa shape index (κ3) is 5.73. The van der Waals surface area contributed by atoms with Crippen molar-refractivity contribution in [3.63, 3.8) is 0 Å². The summed E-state index contributed by atoms with van der Waals surface area (Å²) in [4.78, 5) is 14.7. The zero-order valence-electron chi connectivity index (χ0n) is 13.0. The molecule has 1 aromatic heterocycles. The number of rotatable bonds is 7. The zero-order valence-corrected chi connectivity index (χ0v) is 15.4. The van der Waals surface area contributed by atoms with Crippen molar-refractivity contribution in [1.29, 1.82) is 0 Å². The summed E-state index contributed by atoms with van der Waals surface area (Å²) in [6, 6.07) is 11.3. The van der Waals surface area contributed by atoms with Gasteiger partial charge in [-0.3, -0.25) is 4.79 Å². The van der Waals surface area contributed by atoms with Crippen LogP contribution in [0.1, 0.15) is 4.88 Å². The summed E-state index contributed by atoms with van der Waals surface area (Å²) >= 11 is 4.98. The van der Waals surface area contributed by atoms with Crippen LogP contribution in [0, 0.1) is 0 Å². The molecule has 1 aromatic carbocycles. The molecule has 4 nitrogen and oxygen atoms in total. The minimum absolute atomic E-state index is 0.0483. The minimum Gasteiger partial charge on any atom is -0.497 e. The number of ether oxygens (including phenoxy) is 2. The van der Waals surface area contributed by atoms with E-state index in [0.29, 0.717) is 13.2 Å². The molecule has 0 N–H and O–H groups in total. The predicted octanol–water partition coefficient (Wildman–Crippen LogP) is 4.07. The first kappa shape index (κ1) is 17.6. The molecule has 0 fully saturated rings. The normalized spacial score (nSPS) is 10.7. The molecule has 0 atom stereocenters. The van der Waals surface area contributed by atoms with E-state index < -0.39 is 0 Å². The van der Waals surface area contributed by atoms with Gasteiger partial charge in [0, 0.05) is 18.0 Å². The fraction of sp³-hybridized carbons (Fsp3) is 0.235. The Morgan fingerprint density at radius 1 is 1.22 bits per heavy atom. The molecule has 0 unspecified atom stereocenters. The van der Waals surface area contributed by atoms with Crippen LogP contribution in [0.5, 0.6) is 11.5 Å². The third-order valence-corrected chi connectivity index (χ3v) is 4.70. The van der Waals surface area contributed by atoms with Crippen molar-refractivity contribution in [2.45, 2.75) is 0 Å². The molecule has 0 aliphatic carbocycles. The van der Waals surface area contributed by atoms with Crippen LogP contribution >= 0.6 is 27.3 Å². The van der Waals surface area contributed by atoms with Gasteiger partial charge in [-0.15, -0.1) is 11.3 Å². The lowest BCUT2D eigenvalue weighted by molar-refractivity contribution is -0.125. The van der Waals surface area contributed by atoms with Crippen molar-refractivity contribution in [2.24, 2.45) is 0 Å². The predicted molar refractivity (Wildman–Crippen MR) is 97.2 cm³/mol. The molecule has 0 saturated heterocycles. The second-order valence-corrected chi connectivity index (χ2v) is 7.25. The summed E-state index contributed by atoms with van der Waals surface area (Å²) in [6.45, 7) is 0.955. The lowest BCUT2D eigenvalue weighted by atomic mass is 10.3. The molecule has 1 heterocycles. The van der Waals surface area contributed by atoms with Gasteiger partial charge in [-0.25, -0.2) is 0 Å². The summed E-state index contributed by atoms with van der Waals surface area (Å²) in [6.07, 6.45) is 3.39. The molecule has 2 rings (SSSR count). The van der Waals surface area contributed by atoms with Crippen LogP contribution in [0.4, 0.5) is 0 Å². The summed E-state index contributed by atoms with van der Waals surface area (Å²) in [5, 5.41) is 0. The third-order valence-electron chi connectivity index (χ3n) is 3.12. The van der Waals surface area contributed by atoms with Crippen LogP contribution in [0.3, 0.4) is 0 Å². The number of hydrogen-bond donors (Lipinski definition) is 0. The maximum Gasteiger partial charge on any atom is 0.246 e. The second-order valence-electron chi connectivity index (χ2n) is 4.76. The molecule has 122 valence electrons. The van der Waals surface area contributed by atoms with Crippen LogP contribution in [0.25, 0.3) is 6.08 Å². The molecule has 23 heavy (non-hydrogen) atoms. The molecule has 0 saturated carbocycles. The monoisotopic (exact) mass is 395 g/mol. The van der Waals surface area contributed by atoms with E-state index in [9.17, 15) is 4.79 Å². The quantitative estimate of drug-likeness (QED) is 0.663. The minimum atomic E-state index is -0.0483. The van der Waals surface area contributed by atoms with Gasteiger partial charge < -0.3 is 14.4 Å². The van der Waals surface area contributed by atoms with Gasteiger partial charge in [-0.2, -0.15) is 0 Å². The van der Waals surface area contributed by atoms with Crippen LogP contribution in [-0.2, 0) is 4.79 Å². The Kier molecular flexibility index (Phi) is 6.67. The van der Waals surface area contributed by atoms with Gasteiger partial charge in [-0.1, -0.05) is 0 Å². The number of amides is 1. The van der Waals surface area contributed by atoms with Crippen molar-refractivity contribution >= 4 is 39.2 Å². The summed E-state index contributed by atoms with van der Waals surface area (Å²) in [7, 11) is 3.38. The summed E-state index contributed by atoms with van der Waals surface area (Å²) in [5.41, 5.74) is 0. The highest BCUT2D eigenvalue weighted by atomic mass is 79.9. The Hall–Kier alpha value is -1.79. The molecule has 0 bridgehead atoms. The first-order chi connectivity index (χ1) is 11.1. The van der Waals surface area contributed by atoms with E-state index in [-0.39, 0.29) is 5.91 Å². The highest BCUT2D eigenvalue weighted by molar-refractivity contribution is 9.11. The first-order valence-corrected chi connectivity index (χ1v) is 8.65. The van der Waals surface area contributed by atoms with Gasteiger partial charge in [0.05, 0.1) is 17.4 Å². The number of hydrogen-bond acceptors (Lipinski definition) is 4. The number of carbonyl (C=O) groups excluding carboxylic acids is 1. The molecule has 2 aromatic rings. The molecule has 0 spiro atoms. The van der Waals surface area contributed by atoms with Gasteiger partial charge in [0.15, 0.2) is 0 Å². The first-order valence-electron chi connectivity index (χ1n) is 7.04. The Morgan fingerprint density at radius 3 is 2.52 bits per heavy atom. The second kappa shape index (κ2) is 8.74. The smallest absolute Gasteiger partial charge is 0.246 e. The highest BCUT2D eigenvalue weighted by Gasteiger charge is 2.05. The Labute approximate surface area is 148 Å². The van der Waals surface area contributed by atoms with Gasteiger partial charge in [0.1, 0.15) is 18.1 Å². The number of halogens is 1. The van der Waals surface area contributed by atoms with Gasteiger partial charge in [0.2, 0.25) is 5.91 Å². The van der Waals surface area contributed by atoms with Crippen molar-refractivity contribution in [2.75, 3.05) is 27.3 Å². The number of benzene rings is 1. The van der Waals surface area contributed by atoms with E-state index in [4.69, 9.17) is 9.47 Å². The lowest BCUT2D eigenvalue weighted by Gasteiger charge is -2.15. The largest absolute Gasteiger partial charge is 0.497 e. The Morgan fingerprint density at radius 2 is 1.91 bits per heavy atom. The van der Waals surface area contributed by atoms with E-state index in [2.05, 4.69) is 15.9 Å². The van der Waals surface area contributed by atoms with Crippen LogP contribution in [0.2, 0.25) is 0 Å². The van der Waals surface area contributed by atoms with E-state index in [1.807, 2.05) is 42.5 Å². The maximum absolute atomic E-state index is 12.0. The number of nitrogens with zero attached hydrogens (tertiary/aromatic N) is 1. The SMILES string of the molecule is COc1ccc(OCCN(C)C(=O)/C=C/c2ccc(Br)s2)cc1. The Bertz CT molecular complexity index is 667. The lowest BCUT2D eigenvalue weighted by Crippen LogP contribution is -2.29. The molecule has 6 heteroatoms. The maximum atomic E-state index is 12.0. The van der Waals surface area contributed by atoms with Crippen molar-refractivity contribution in [1.82, 2.24) is 4.90 Å². The standard InChI is InChI=1S/C17H18BrNO3S/c1-19(17(20)10-8-15-7-9-16(18)23-15)11-12-22-14-5-3-13(21-2)4-6-14/h3-10H,11-12H2,1-2H3/b10-8+. The molecular formula is C17H18BrNO3S. The topological polar surface area (TPSA) is 38.8 Å². The number of thiophene rings is 1. The molecular weight excluding hydrogens is 378 g/mol. The zero-order chi connectivity index (χ0) is 16.7. The van der Waals surface area contributed by atoms with Crippen LogP contribution < -0.4 is 9.47 Å². The average molecular weight is 396 g/mol. The van der Waals surface area contributed by atoms with E-state index in [0.717, 1.165) is 20.2 Å². The number of methoxy groups -OCH3 is 1. The van der Waals surface area contributed by atoms with E-state index in [1.165, 1.54) is 0 Å². The summed E-state index contributed by atoms with van der Waals surface area (Å²) in [5.74, 6) is 1.49. The van der Waals surface area contributed by atoms with E-state index >= 15 is 0 Å². The van der Waals surface area contributed by atoms with Gasteiger partial charge in [0.25, 0.3) is 0 Å². The highest BCUT2D eigenvalue weighted by Crippen LogP contribution is 2.23. The fourth-order valence-corrected chi connectivity index (χ4v) is 3.11. The van der Waals surface area contributed by atoms with Gasteiger partial charge >= 0.3 is 0 Å². The van der Waals surface area contributed by atoms with Crippen LogP contribution in [0.15, 0.2) is 46.3 Å². The average Bonchev–Trinajstić information content (AvgIpc) is 2.98. The Balaban J connectivity index is 1.76. The molecule has 0 aliphatic rings. The van der Waals surface area contributed by atoms with Crippen molar-refractivity contribution in [3.05, 3.63) is 51.1 Å². The molecule has 0 aliphatic heterocycles. The number of carbonyl (C=O) groups is 1.